The van der Waals surface area contributed by atoms with Crippen molar-refractivity contribution in [1.29, 1.82) is 0 Å². The largest absolute Gasteiger partial charge is 0.361 e. The van der Waals surface area contributed by atoms with E-state index in [1.165, 1.54) is 11.3 Å². The normalized spacial score (nSPS) is 11.9. The van der Waals surface area contributed by atoms with E-state index in [-0.39, 0.29) is 11.8 Å². The third kappa shape index (κ3) is 4.52. The zero-order chi connectivity index (χ0) is 20.1. The molecule has 29 heavy (non-hydrogen) atoms. The number of carbonyl (C=O) groups is 2. The Bertz CT molecular complexity index is 1110. The highest BCUT2D eigenvalue weighted by Gasteiger charge is 2.23. The third-order valence-corrected chi connectivity index (χ3v) is 5.52. The summed E-state index contributed by atoms with van der Waals surface area (Å²) in [5, 5.41) is 8.68. The topological polar surface area (TPSA) is 86.9 Å². The fourth-order valence-corrected chi connectivity index (χ4v) is 3.81. The highest BCUT2D eigenvalue weighted by atomic mass is 32.1. The summed E-state index contributed by atoms with van der Waals surface area (Å²) in [6.45, 7) is 0.353. The molecule has 4 rings (SSSR count). The summed E-state index contributed by atoms with van der Waals surface area (Å²) in [5.74, 6) is -0.481. The first kappa shape index (κ1) is 18.9. The second-order valence-corrected chi connectivity index (χ2v) is 7.59. The highest BCUT2D eigenvalue weighted by molar-refractivity contribution is 7.12. The van der Waals surface area contributed by atoms with Crippen molar-refractivity contribution in [2.75, 3.05) is 0 Å². The van der Waals surface area contributed by atoms with Gasteiger partial charge in [-0.2, -0.15) is 0 Å². The lowest BCUT2D eigenvalue weighted by atomic mass is 10.0. The fourth-order valence-electron chi connectivity index (χ4n) is 3.18. The Labute approximate surface area is 172 Å². The quantitative estimate of drug-likeness (QED) is 0.442. The summed E-state index contributed by atoms with van der Waals surface area (Å²) >= 11 is 1.35. The van der Waals surface area contributed by atoms with Crippen LogP contribution in [0.4, 0.5) is 0 Å². The molecule has 1 aromatic carbocycles. The number of rotatable bonds is 7. The molecule has 6 nitrogen and oxygen atoms in total. The van der Waals surface area contributed by atoms with Gasteiger partial charge in [0.15, 0.2) is 0 Å². The maximum atomic E-state index is 12.9. The van der Waals surface area contributed by atoms with Crippen LogP contribution in [0.25, 0.3) is 10.9 Å². The highest BCUT2D eigenvalue weighted by Crippen LogP contribution is 2.19. The first-order valence-corrected chi connectivity index (χ1v) is 10.1. The Hall–Kier alpha value is -3.45. The van der Waals surface area contributed by atoms with E-state index in [2.05, 4.69) is 20.6 Å². The van der Waals surface area contributed by atoms with Crippen LogP contribution in [0.1, 0.15) is 20.8 Å². The molecule has 0 radical (unpaired) electrons. The molecular weight excluding hydrogens is 384 g/mol. The average molecular weight is 404 g/mol. The number of amides is 2. The second-order valence-electron chi connectivity index (χ2n) is 6.65. The van der Waals surface area contributed by atoms with Crippen molar-refractivity contribution in [3.05, 3.63) is 88.5 Å². The van der Waals surface area contributed by atoms with Crippen LogP contribution >= 0.6 is 11.3 Å². The molecule has 0 aliphatic rings. The summed E-state index contributed by atoms with van der Waals surface area (Å²) in [6, 6.07) is 14.5. The molecule has 2 amide bonds. The van der Waals surface area contributed by atoms with E-state index in [1.54, 1.807) is 18.5 Å². The SMILES string of the molecule is O=C(N[C@H](Cc1c[nH]c2ccccc12)C(=O)NCc1cccnc1)c1cccs1. The predicted octanol–water partition coefficient (Wildman–Crippen LogP) is 3.28. The minimum absolute atomic E-state index is 0.232. The van der Waals surface area contributed by atoms with Crippen LogP contribution in [-0.4, -0.2) is 27.8 Å². The molecule has 3 heterocycles. The standard InChI is InChI=1S/C22H20N4O2S/c27-21(25-13-15-5-3-9-23-12-15)19(26-22(28)20-8-4-10-29-20)11-16-14-24-18-7-2-1-6-17(16)18/h1-10,12,14,19,24H,11,13H2,(H,25,27)(H,26,28)/t19-/m1/s1. The Morgan fingerprint density at radius 1 is 1.10 bits per heavy atom. The fraction of sp³-hybridized carbons (Fsp3) is 0.136. The zero-order valence-electron chi connectivity index (χ0n) is 15.6. The Morgan fingerprint density at radius 3 is 2.79 bits per heavy atom. The zero-order valence-corrected chi connectivity index (χ0v) is 16.4. The van der Waals surface area contributed by atoms with Crippen molar-refractivity contribution < 1.29 is 9.59 Å². The first-order valence-electron chi connectivity index (χ1n) is 9.26. The average Bonchev–Trinajstić information content (AvgIpc) is 3.43. The molecule has 3 aromatic heterocycles. The monoisotopic (exact) mass is 404 g/mol. The lowest BCUT2D eigenvalue weighted by molar-refractivity contribution is -0.123. The Morgan fingerprint density at radius 2 is 2.00 bits per heavy atom. The van der Waals surface area contributed by atoms with Gasteiger partial charge in [0.05, 0.1) is 4.88 Å². The molecule has 0 saturated carbocycles. The predicted molar refractivity (Wildman–Crippen MR) is 114 cm³/mol. The van der Waals surface area contributed by atoms with Gasteiger partial charge >= 0.3 is 0 Å². The molecule has 0 saturated heterocycles. The molecule has 0 spiro atoms. The van der Waals surface area contributed by atoms with Crippen LogP contribution in [-0.2, 0) is 17.8 Å². The van der Waals surface area contributed by atoms with Gasteiger partial charge in [0.25, 0.3) is 5.91 Å². The van der Waals surface area contributed by atoms with E-state index in [0.717, 1.165) is 22.0 Å². The molecule has 1 atom stereocenters. The van der Waals surface area contributed by atoms with Crippen LogP contribution in [0.3, 0.4) is 0 Å². The summed E-state index contributed by atoms with van der Waals surface area (Å²) < 4.78 is 0. The van der Waals surface area contributed by atoms with Crippen molar-refractivity contribution in [2.45, 2.75) is 19.0 Å². The molecule has 0 fully saturated rings. The van der Waals surface area contributed by atoms with E-state index < -0.39 is 6.04 Å². The Kier molecular flexibility index (Phi) is 5.67. The van der Waals surface area contributed by atoms with Gasteiger partial charge in [0.1, 0.15) is 6.04 Å². The minimum Gasteiger partial charge on any atom is -0.361 e. The summed E-state index contributed by atoms with van der Waals surface area (Å²) in [4.78, 5) is 33.4. The van der Waals surface area contributed by atoms with Crippen molar-refractivity contribution in [2.24, 2.45) is 0 Å². The number of nitrogens with one attached hydrogen (secondary N) is 3. The number of hydrogen-bond acceptors (Lipinski definition) is 4. The van der Waals surface area contributed by atoms with Crippen LogP contribution in [0, 0.1) is 0 Å². The first-order chi connectivity index (χ1) is 14.2. The smallest absolute Gasteiger partial charge is 0.262 e. The number of pyridine rings is 1. The van der Waals surface area contributed by atoms with E-state index in [0.29, 0.717) is 17.8 Å². The number of aromatic amines is 1. The molecule has 146 valence electrons. The number of benzene rings is 1. The van der Waals surface area contributed by atoms with Gasteiger partial charge in [-0.1, -0.05) is 30.3 Å². The summed E-state index contributed by atoms with van der Waals surface area (Å²) in [5.41, 5.74) is 2.88. The molecule has 3 N–H and O–H groups in total. The van der Waals surface area contributed by atoms with Gasteiger partial charge in [-0.3, -0.25) is 14.6 Å². The molecule has 4 aromatic rings. The van der Waals surface area contributed by atoms with Crippen molar-refractivity contribution in [3.8, 4) is 0 Å². The van der Waals surface area contributed by atoms with Crippen molar-refractivity contribution in [3.63, 3.8) is 0 Å². The number of aromatic nitrogens is 2. The van der Waals surface area contributed by atoms with Crippen molar-refractivity contribution >= 4 is 34.1 Å². The van der Waals surface area contributed by atoms with Gasteiger partial charge in [0.2, 0.25) is 5.91 Å². The number of hydrogen-bond donors (Lipinski definition) is 3. The lowest BCUT2D eigenvalue weighted by Crippen LogP contribution is -2.47. The number of thiophene rings is 1. The van der Waals surface area contributed by atoms with E-state index in [1.807, 2.05) is 54.0 Å². The van der Waals surface area contributed by atoms with Crippen LogP contribution in [0.5, 0.6) is 0 Å². The summed E-state index contributed by atoms with van der Waals surface area (Å²) in [6.07, 6.45) is 5.68. The molecule has 0 aliphatic carbocycles. The van der Waals surface area contributed by atoms with Crippen LogP contribution < -0.4 is 10.6 Å². The molecule has 0 aliphatic heterocycles. The Balaban J connectivity index is 1.52. The number of para-hydroxylation sites is 1. The van der Waals surface area contributed by atoms with Gasteiger partial charge < -0.3 is 15.6 Å². The third-order valence-electron chi connectivity index (χ3n) is 4.66. The van der Waals surface area contributed by atoms with Crippen molar-refractivity contribution in [1.82, 2.24) is 20.6 Å². The minimum atomic E-state index is -0.694. The van der Waals surface area contributed by atoms with Gasteiger partial charge in [-0.25, -0.2) is 0 Å². The van der Waals surface area contributed by atoms with Crippen LogP contribution in [0.15, 0.2) is 72.5 Å². The maximum absolute atomic E-state index is 12.9. The molecular formula is C22H20N4O2S. The van der Waals surface area contributed by atoms with Gasteiger partial charge in [0, 0.05) is 42.5 Å². The van der Waals surface area contributed by atoms with E-state index >= 15 is 0 Å². The number of nitrogens with zero attached hydrogens (tertiary/aromatic N) is 1. The van der Waals surface area contributed by atoms with E-state index in [4.69, 9.17) is 0 Å². The van der Waals surface area contributed by atoms with Gasteiger partial charge in [-0.15, -0.1) is 11.3 Å². The second kappa shape index (κ2) is 8.70. The molecule has 0 unspecified atom stereocenters. The molecule has 0 bridgehead atoms. The van der Waals surface area contributed by atoms with Crippen LogP contribution in [0.2, 0.25) is 0 Å². The summed E-state index contributed by atoms with van der Waals surface area (Å²) in [7, 11) is 0. The van der Waals surface area contributed by atoms with Gasteiger partial charge in [-0.05, 0) is 34.7 Å². The lowest BCUT2D eigenvalue weighted by Gasteiger charge is -2.18. The maximum Gasteiger partial charge on any atom is 0.262 e. The number of H-pyrrole nitrogens is 1. The van der Waals surface area contributed by atoms with E-state index in [9.17, 15) is 9.59 Å². The molecule has 7 heteroatoms. The number of carbonyl (C=O) groups excluding carboxylic acids is 2. The number of fused-ring (bicyclic) bond motifs is 1.